The molecule has 0 atom stereocenters. The van der Waals surface area contributed by atoms with E-state index in [4.69, 9.17) is 4.74 Å². The van der Waals surface area contributed by atoms with Crippen LogP contribution in [0.3, 0.4) is 0 Å². The first-order valence-electron chi connectivity index (χ1n) is 12.7. The molecule has 5 rings (SSSR count). The monoisotopic (exact) mass is 483 g/mol. The Balaban J connectivity index is 1.05. The molecule has 9 nitrogen and oxygen atoms in total. The van der Waals surface area contributed by atoms with Gasteiger partial charge in [0.05, 0.1) is 31.6 Å². The summed E-state index contributed by atoms with van der Waals surface area (Å²) >= 11 is 0. The average Bonchev–Trinajstić information content (AvgIpc) is 2.90. The Morgan fingerprint density at radius 3 is 2.43 bits per heavy atom. The van der Waals surface area contributed by atoms with Crippen LogP contribution in [0.2, 0.25) is 0 Å². The lowest BCUT2D eigenvalue weighted by molar-refractivity contribution is -0.123. The third-order valence-electron chi connectivity index (χ3n) is 7.33. The van der Waals surface area contributed by atoms with Gasteiger partial charge in [0.15, 0.2) is 0 Å². The normalized spacial score (nSPS) is 24.3. The number of anilines is 1. The molecule has 0 spiro atoms. The molecule has 3 aliphatic rings. The minimum absolute atomic E-state index is 0.115. The lowest BCUT2D eigenvalue weighted by Gasteiger charge is -2.39. The standard InChI is InChI=1S/C25H34FN7O2/c26-20-3-1-19(2-4-20)23-17-27-30-25(29-23)33-11-9-31(10-12-33)18-24(34)28-21-5-7-22(8-6-21)32-13-15-35-16-14-32/h1-4,17,21-22H,5-16,18H2,(H,28,34). The van der Waals surface area contributed by atoms with E-state index in [-0.39, 0.29) is 17.8 Å². The van der Waals surface area contributed by atoms with Crippen molar-refractivity contribution < 1.29 is 13.9 Å². The van der Waals surface area contributed by atoms with Crippen LogP contribution in [-0.2, 0) is 9.53 Å². The highest BCUT2D eigenvalue weighted by atomic mass is 19.1. The second-order valence-electron chi connectivity index (χ2n) is 9.63. The molecule has 0 bridgehead atoms. The molecular formula is C25H34FN7O2. The van der Waals surface area contributed by atoms with Gasteiger partial charge in [-0.25, -0.2) is 9.37 Å². The number of rotatable bonds is 6. The third kappa shape index (κ3) is 6.31. The van der Waals surface area contributed by atoms with E-state index in [1.54, 1.807) is 18.3 Å². The zero-order valence-corrected chi connectivity index (χ0v) is 20.1. The van der Waals surface area contributed by atoms with Gasteiger partial charge < -0.3 is 15.0 Å². The SMILES string of the molecule is O=C(CN1CCN(c2nncc(-c3ccc(F)cc3)n2)CC1)NC1CCC(N2CCOCC2)CC1. The van der Waals surface area contributed by atoms with E-state index < -0.39 is 0 Å². The van der Waals surface area contributed by atoms with Crippen molar-refractivity contribution in [1.29, 1.82) is 0 Å². The van der Waals surface area contributed by atoms with Crippen LogP contribution in [-0.4, -0.2) is 102 Å². The van der Waals surface area contributed by atoms with Crippen LogP contribution in [0, 0.1) is 5.82 Å². The Morgan fingerprint density at radius 1 is 1.00 bits per heavy atom. The van der Waals surface area contributed by atoms with Gasteiger partial charge in [0.25, 0.3) is 0 Å². The number of ether oxygens (including phenoxy) is 1. The van der Waals surface area contributed by atoms with E-state index in [1.165, 1.54) is 12.1 Å². The van der Waals surface area contributed by atoms with Gasteiger partial charge in [-0.2, -0.15) is 5.10 Å². The van der Waals surface area contributed by atoms with Gasteiger partial charge >= 0.3 is 0 Å². The number of hydrogen-bond donors (Lipinski definition) is 1. The molecule has 0 radical (unpaired) electrons. The molecular weight excluding hydrogens is 449 g/mol. The number of carbonyl (C=O) groups excluding carboxylic acids is 1. The first kappa shape index (κ1) is 24.0. The number of halogens is 1. The maximum atomic E-state index is 13.2. The first-order chi connectivity index (χ1) is 17.1. The highest BCUT2D eigenvalue weighted by Crippen LogP contribution is 2.24. The van der Waals surface area contributed by atoms with E-state index in [0.29, 0.717) is 24.2 Å². The van der Waals surface area contributed by atoms with Crippen molar-refractivity contribution in [3.63, 3.8) is 0 Å². The largest absolute Gasteiger partial charge is 0.379 e. The summed E-state index contributed by atoms with van der Waals surface area (Å²) in [5.74, 6) is 0.397. The Bertz CT molecular complexity index is 970. The fraction of sp³-hybridized carbons (Fsp3) is 0.600. The number of nitrogens with one attached hydrogen (secondary N) is 1. The van der Waals surface area contributed by atoms with Crippen molar-refractivity contribution in [2.75, 3.05) is 63.9 Å². The molecule has 2 aromatic rings. The van der Waals surface area contributed by atoms with E-state index >= 15 is 0 Å². The van der Waals surface area contributed by atoms with Crippen molar-refractivity contribution in [2.45, 2.75) is 37.8 Å². The molecule has 1 aliphatic carbocycles. The van der Waals surface area contributed by atoms with Crippen LogP contribution in [0.1, 0.15) is 25.7 Å². The number of morpholine rings is 1. The molecule has 10 heteroatoms. The molecule has 1 aromatic carbocycles. The molecule has 1 saturated carbocycles. The van der Waals surface area contributed by atoms with Gasteiger partial charge in [0, 0.05) is 56.9 Å². The number of benzene rings is 1. The van der Waals surface area contributed by atoms with Crippen molar-refractivity contribution in [3.8, 4) is 11.3 Å². The van der Waals surface area contributed by atoms with E-state index in [2.05, 4.69) is 35.2 Å². The van der Waals surface area contributed by atoms with Gasteiger partial charge in [-0.1, -0.05) is 0 Å². The van der Waals surface area contributed by atoms with Crippen molar-refractivity contribution in [2.24, 2.45) is 0 Å². The summed E-state index contributed by atoms with van der Waals surface area (Å²) in [5.41, 5.74) is 1.47. The van der Waals surface area contributed by atoms with Gasteiger partial charge in [0.1, 0.15) is 5.82 Å². The summed E-state index contributed by atoms with van der Waals surface area (Å²) in [7, 11) is 0. The summed E-state index contributed by atoms with van der Waals surface area (Å²) < 4.78 is 18.7. The third-order valence-corrected chi connectivity index (χ3v) is 7.33. The van der Waals surface area contributed by atoms with E-state index in [1.807, 2.05) is 0 Å². The summed E-state index contributed by atoms with van der Waals surface area (Å²) in [6, 6.07) is 7.13. The fourth-order valence-corrected chi connectivity index (χ4v) is 5.30. The van der Waals surface area contributed by atoms with E-state index in [9.17, 15) is 9.18 Å². The van der Waals surface area contributed by atoms with E-state index in [0.717, 1.165) is 83.7 Å². The van der Waals surface area contributed by atoms with Crippen molar-refractivity contribution in [3.05, 3.63) is 36.3 Å². The van der Waals surface area contributed by atoms with Gasteiger partial charge in [-0.05, 0) is 49.9 Å². The van der Waals surface area contributed by atoms with Crippen LogP contribution < -0.4 is 10.2 Å². The summed E-state index contributed by atoms with van der Waals surface area (Å²) in [6.07, 6.45) is 5.99. The second kappa shape index (κ2) is 11.4. The maximum absolute atomic E-state index is 13.2. The zero-order chi connectivity index (χ0) is 24.0. The minimum atomic E-state index is -0.281. The summed E-state index contributed by atoms with van der Waals surface area (Å²) in [5, 5.41) is 11.5. The first-order valence-corrected chi connectivity index (χ1v) is 12.7. The number of nitrogens with zero attached hydrogens (tertiary/aromatic N) is 6. The molecule has 3 fully saturated rings. The van der Waals surface area contributed by atoms with Gasteiger partial charge in [0.2, 0.25) is 11.9 Å². The second-order valence-corrected chi connectivity index (χ2v) is 9.63. The van der Waals surface area contributed by atoms with Crippen LogP contribution in [0.15, 0.2) is 30.5 Å². The summed E-state index contributed by atoms with van der Waals surface area (Å²) in [6.45, 7) is 7.16. The molecule has 188 valence electrons. The molecule has 1 aromatic heterocycles. The number of aromatic nitrogens is 3. The zero-order valence-electron chi connectivity index (χ0n) is 20.1. The number of carbonyl (C=O) groups is 1. The van der Waals surface area contributed by atoms with Gasteiger partial charge in [-0.15, -0.1) is 5.10 Å². The molecule has 35 heavy (non-hydrogen) atoms. The molecule has 1 N–H and O–H groups in total. The predicted molar refractivity (Wildman–Crippen MR) is 130 cm³/mol. The maximum Gasteiger partial charge on any atom is 0.245 e. The molecule has 2 aliphatic heterocycles. The molecule has 1 amide bonds. The smallest absolute Gasteiger partial charge is 0.245 e. The molecule has 0 unspecified atom stereocenters. The van der Waals surface area contributed by atoms with Crippen LogP contribution >= 0.6 is 0 Å². The molecule has 3 heterocycles. The van der Waals surface area contributed by atoms with Crippen LogP contribution in [0.5, 0.6) is 0 Å². The molecule has 2 saturated heterocycles. The topological polar surface area (TPSA) is 86.7 Å². The highest BCUT2D eigenvalue weighted by Gasteiger charge is 2.28. The minimum Gasteiger partial charge on any atom is -0.379 e. The fourth-order valence-electron chi connectivity index (χ4n) is 5.30. The number of amides is 1. The Hall–Kier alpha value is -2.69. The van der Waals surface area contributed by atoms with Gasteiger partial charge in [-0.3, -0.25) is 14.6 Å². The quantitative estimate of drug-likeness (QED) is 0.663. The van der Waals surface area contributed by atoms with Crippen LogP contribution in [0.25, 0.3) is 11.3 Å². The average molecular weight is 484 g/mol. The Labute approximate surface area is 205 Å². The van der Waals surface area contributed by atoms with Crippen molar-refractivity contribution >= 4 is 11.9 Å². The number of hydrogen-bond acceptors (Lipinski definition) is 8. The lowest BCUT2D eigenvalue weighted by Crippen LogP contribution is -2.52. The van der Waals surface area contributed by atoms with Crippen LogP contribution in [0.4, 0.5) is 10.3 Å². The predicted octanol–water partition coefficient (Wildman–Crippen LogP) is 1.56. The number of piperazine rings is 1. The lowest BCUT2D eigenvalue weighted by atomic mass is 9.90. The highest BCUT2D eigenvalue weighted by molar-refractivity contribution is 5.78. The van der Waals surface area contributed by atoms with Crippen molar-refractivity contribution in [1.82, 2.24) is 30.3 Å². The Kier molecular flexibility index (Phi) is 7.80. The summed E-state index contributed by atoms with van der Waals surface area (Å²) in [4.78, 5) is 24.1. The Morgan fingerprint density at radius 2 is 1.71 bits per heavy atom.